The molecule has 1 aromatic carbocycles. The highest BCUT2D eigenvalue weighted by Gasteiger charge is 2.30. The van der Waals surface area contributed by atoms with E-state index in [-0.39, 0.29) is 5.91 Å². The molecule has 3 nitrogen and oxygen atoms in total. The Labute approximate surface area is 113 Å². The molecule has 1 aliphatic heterocycles. The summed E-state index contributed by atoms with van der Waals surface area (Å²) in [6.45, 7) is 7.16. The molecule has 0 aliphatic carbocycles. The van der Waals surface area contributed by atoms with Gasteiger partial charge in [0.25, 0.3) is 11.8 Å². The van der Waals surface area contributed by atoms with Crippen LogP contribution in [0.4, 0.5) is 0 Å². The molecule has 0 radical (unpaired) electrons. The molecule has 4 heteroatoms. The summed E-state index contributed by atoms with van der Waals surface area (Å²) >= 11 is 3.34. The minimum absolute atomic E-state index is 0.382. The van der Waals surface area contributed by atoms with Gasteiger partial charge < -0.3 is 0 Å². The van der Waals surface area contributed by atoms with Gasteiger partial charge in [-0.2, -0.15) is 0 Å². The Hall–Kier alpha value is -1.94. The van der Waals surface area contributed by atoms with Crippen molar-refractivity contribution in [2.75, 3.05) is 0 Å². The Balaban J connectivity index is 2.37. The molecule has 0 saturated carbocycles. The number of amides is 2. The minimum atomic E-state index is -0.464. The van der Waals surface area contributed by atoms with Crippen molar-refractivity contribution in [1.29, 1.82) is 0 Å². The second kappa shape index (κ2) is 4.74. The molecule has 2 rings (SSSR count). The van der Waals surface area contributed by atoms with Gasteiger partial charge in [-0.3, -0.25) is 9.59 Å². The zero-order chi connectivity index (χ0) is 13.3. The summed E-state index contributed by atoms with van der Waals surface area (Å²) in [5.74, 6) is -0.851. The molecule has 0 fully saturated rings. The van der Waals surface area contributed by atoms with Crippen LogP contribution in [-0.2, 0) is 9.59 Å². The summed E-state index contributed by atoms with van der Waals surface area (Å²) in [7, 11) is 0. The van der Waals surface area contributed by atoms with E-state index in [9.17, 15) is 9.59 Å². The number of imide groups is 1. The van der Waals surface area contributed by atoms with E-state index in [1.54, 1.807) is 0 Å². The first-order valence-electron chi connectivity index (χ1n) is 5.22. The van der Waals surface area contributed by atoms with Crippen molar-refractivity contribution in [2.45, 2.75) is 0 Å². The fourth-order valence-electron chi connectivity index (χ4n) is 1.74. The minimum Gasteiger partial charge on any atom is -0.269 e. The third-order valence-electron chi connectivity index (χ3n) is 2.62. The normalized spacial score (nSPS) is 14.7. The summed E-state index contributed by atoms with van der Waals surface area (Å²) < 4.78 is 0.945. The first-order chi connectivity index (χ1) is 8.54. The van der Waals surface area contributed by atoms with Crippen molar-refractivity contribution >= 4 is 33.3 Å². The highest BCUT2D eigenvalue weighted by molar-refractivity contribution is 9.10. The van der Waals surface area contributed by atoms with E-state index in [0.29, 0.717) is 11.3 Å². The zero-order valence-electron chi connectivity index (χ0n) is 9.52. The lowest BCUT2D eigenvalue weighted by molar-refractivity contribution is -0.135. The first kappa shape index (κ1) is 12.5. The van der Waals surface area contributed by atoms with Gasteiger partial charge in [-0.25, -0.2) is 4.90 Å². The summed E-state index contributed by atoms with van der Waals surface area (Å²) in [4.78, 5) is 24.3. The summed E-state index contributed by atoms with van der Waals surface area (Å²) in [6.07, 6.45) is 2.51. The van der Waals surface area contributed by atoms with E-state index in [4.69, 9.17) is 0 Å². The lowest BCUT2D eigenvalue weighted by Gasteiger charge is -2.14. The van der Waals surface area contributed by atoms with Crippen LogP contribution in [0.15, 0.2) is 59.7 Å². The maximum absolute atomic E-state index is 11.7. The number of carbonyl (C=O) groups excluding carboxylic acids is 2. The molecule has 1 heterocycles. The van der Waals surface area contributed by atoms with Gasteiger partial charge in [-0.05, 0) is 23.8 Å². The molecule has 0 N–H and O–H groups in total. The van der Waals surface area contributed by atoms with Gasteiger partial charge in [0, 0.05) is 16.1 Å². The van der Waals surface area contributed by atoms with Gasteiger partial charge in [0.2, 0.25) is 0 Å². The van der Waals surface area contributed by atoms with Crippen LogP contribution in [0.2, 0.25) is 0 Å². The first-order valence-corrected chi connectivity index (χ1v) is 6.01. The molecular formula is C14H10BrNO2. The van der Waals surface area contributed by atoms with Crippen LogP contribution in [-0.4, -0.2) is 16.7 Å². The number of rotatable bonds is 2. The van der Waals surface area contributed by atoms with Crippen LogP contribution in [0, 0.1) is 0 Å². The molecule has 0 saturated heterocycles. The molecular weight excluding hydrogens is 294 g/mol. The Bertz CT molecular complexity index is 584. The van der Waals surface area contributed by atoms with E-state index < -0.39 is 5.91 Å². The van der Waals surface area contributed by atoms with Crippen molar-refractivity contribution in [3.05, 3.63) is 65.3 Å². The van der Waals surface area contributed by atoms with Crippen LogP contribution in [0.5, 0.6) is 0 Å². The van der Waals surface area contributed by atoms with Crippen molar-refractivity contribution in [3.63, 3.8) is 0 Å². The molecule has 0 spiro atoms. The molecule has 0 aromatic heterocycles. The Morgan fingerprint density at radius 2 is 1.89 bits per heavy atom. The fraction of sp³-hybridized carbons (Fsp3) is 0. The largest absolute Gasteiger partial charge is 0.269 e. The van der Waals surface area contributed by atoms with Crippen LogP contribution in [0.3, 0.4) is 0 Å². The highest BCUT2D eigenvalue weighted by Crippen LogP contribution is 2.31. The average Bonchev–Trinajstić information content (AvgIpc) is 2.65. The number of halogens is 1. The van der Waals surface area contributed by atoms with Crippen LogP contribution in [0.25, 0.3) is 5.57 Å². The van der Waals surface area contributed by atoms with Gasteiger partial charge in [0.1, 0.15) is 0 Å². The van der Waals surface area contributed by atoms with Crippen molar-refractivity contribution in [2.24, 2.45) is 0 Å². The van der Waals surface area contributed by atoms with E-state index in [2.05, 4.69) is 29.1 Å². The fourth-order valence-corrected chi connectivity index (χ4v) is 2.00. The van der Waals surface area contributed by atoms with E-state index in [1.165, 1.54) is 6.08 Å². The van der Waals surface area contributed by atoms with Crippen molar-refractivity contribution in [1.82, 2.24) is 4.90 Å². The topological polar surface area (TPSA) is 37.4 Å². The molecule has 18 heavy (non-hydrogen) atoms. The summed E-state index contributed by atoms with van der Waals surface area (Å²) in [5, 5.41) is 0. The molecule has 2 amide bonds. The zero-order valence-corrected chi connectivity index (χ0v) is 11.1. The van der Waals surface area contributed by atoms with Crippen LogP contribution < -0.4 is 0 Å². The molecule has 1 aromatic rings. The Morgan fingerprint density at radius 1 is 1.28 bits per heavy atom. The van der Waals surface area contributed by atoms with E-state index in [0.717, 1.165) is 21.0 Å². The maximum atomic E-state index is 11.7. The standard InChI is InChI=1S/C14H10BrNO2/c1-3-13(17)16-9(2)12(8-14(16)18)10-4-6-11(15)7-5-10/h3-8H,1-2H2. The number of nitrogens with zero attached hydrogens (tertiary/aromatic N) is 1. The number of allylic oxidation sites excluding steroid dienone is 1. The van der Waals surface area contributed by atoms with E-state index in [1.807, 2.05) is 24.3 Å². The van der Waals surface area contributed by atoms with Crippen LogP contribution in [0.1, 0.15) is 5.56 Å². The summed E-state index contributed by atoms with van der Waals surface area (Å²) in [5.41, 5.74) is 1.88. The number of carbonyl (C=O) groups is 2. The number of hydrogen-bond acceptors (Lipinski definition) is 2. The monoisotopic (exact) mass is 303 g/mol. The third-order valence-corrected chi connectivity index (χ3v) is 3.15. The highest BCUT2D eigenvalue weighted by atomic mass is 79.9. The second-order valence-corrected chi connectivity index (χ2v) is 4.64. The molecule has 0 bridgehead atoms. The predicted molar refractivity (Wildman–Crippen MR) is 73.3 cm³/mol. The quantitative estimate of drug-likeness (QED) is 0.788. The third kappa shape index (κ3) is 2.07. The molecule has 1 aliphatic rings. The molecule has 0 atom stereocenters. The smallest absolute Gasteiger partial charge is 0.258 e. The van der Waals surface area contributed by atoms with Crippen LogP contribution >= 0.6 is 15.9 Å². The lowest BCUT2D eigenvalue weighted by atomic mass is 10.1. The predicted octanol–water partition coefficient (Wildman–Crippen LogP) is 2.90. The SMILES string of the molecule is C=CC(=O)N1C(=C)C(c2ccc(Br)cc2)=CC1=O. The number of benzene rings is 1. The molecule has 0 unspecified atom stereocenters. The van der Waals surface area contributed by atoms with Gasteiger partial charge in [-0.1, -0.05) is 41.2 Å². The number of hydrogen-bond donors (Lipinski definition) is 0. The van der Waals surface area contributed by atoms with Crippen molar-refractivity contribution < 1.29 is 9.59 Å². The molecule has 90 valence electrons. The van der Waals surface area contributed by atoms with Gasteiger partial charge in [0.15, 0.2) is 0 Å². The van der Waals surface area contributed by atoms with Crippen molar-refractivity contribution in [3.8, 4) is 0 Å². The second-order valence-electron chi connectivity index (χ2n) is 3.73. The van der Waals surface area contributed by atoms with Gasteiger partial charge in [0.05, 0.1) is 5.70 Å². The van der Waals surface area contributed by atoms with Gasteiger partial charge in [-0.15, -0.1) is 0 Å². The van der Waals surface area contributed by atoms with E-state index >= 15 is 0 Å². The summed E-state index contributed by atoms with van der Waals surface area (Å²) in [6, 6.07) is 7.45. The average molecular weight is 304 g/mol. The maximum Gasteiger partial charge on any atom is 0.258 e. The van der Waals surface area contributed by atoms with Gasteiger partial charge >= 0.3 is 0 Å². The Morgan fingerprint density at radius 3 is 2.44 bits per heavy atom. The lowest BCUT2D eigenvalue weighted by Crippen LogP contribution is -2.29. The Kier molecular flexibility index (Phi) is 3.30.